The maximum atomic E-state index is 13.5. The van der Waals surface area contributed by atoms with E-state index in [1.807, 2.05) is 20.8 Å². The molecule has 0 N–H and O–H groups in total. The Morgan fingerprint density at radius 2 is 1.16 bits per heavy atom. The van der Waals surface area contributed by atoms with Gasteiger partial charge >= 0.3 is 5.97 Å². The second kappa shape index (κ2) is 10.8. The van der Waals surface area contributed by atoms with Crippen LogP contribution in [0, 0.1) is 28.1 Å². The minimum Gasteiger partial charge on any atom is -0.462 e. The molecular weight excluding hydrogens is 400 g/mol. The predicted molar refractivity (Wildman–Crippen MR) is 131 cm³/mol. The number of esters is 1. The number of ketones is 2. The Bertz CT molecular complexity index is 623. The quantitative estimate of drug-likeness (QED) is 0.381. The second-order valence-electron chi connectivity index (χ2n) is 11.6. The molecule has 0 aliphatic heterocycles. The Morgan fingerprint density at radius 3 is 1.50 bits per heavy atom. The lowest BCUT2D eigenvalue weighted by Gasteiger charge is -2.39. The van der Waals surface area contributed by atoms with E-state index >= 15 is 0 Å². The van der Waals surface area contributed by atoms with Crippen molar-refractivity contribution in [3.05, 3.63) is 0 Å². The van der Waals surface area contributed by atoms with Crippen molar-refractivity contribution >= 4 is 17.5 Å². The third kappa shape index (κ3) is 5.83. The molecule has 32 heavy (non-hydrogen) atoms. The molecule has 3 aliphatic rings. The maximum absolute atomic E-state index is 13.5. The van der Waals surface area contributed by atoms with Gasteiger partial charge in [-0.1, -0.05) is 61.3 Å². The first kappa shape index (κ1) is 28.8. The molecule has 4 nitrogen and oxygen atoms in total. The fraction of sp³-hybridized carbons (Fsp3) is 0.893. The van der Waals surface area contributed by atoms with Gasteiger partial charge in [-0.2, -0.15) is 0 Å². The topological polar surface area (TPSA) is 60.4 Å². The molecule has 0 saturated heterocycles. The SMILES string of the molecule is C.C.CCC(C)(C)C(=O)OC1CC(C(=O)C2(C)CCCC2)CC(C(=O)C2(C)CCCC2)C1. The minimum absolute atomic E-state index is 0. The summed E-state index contributed by atoms with van der Waals surface area (Å²) in [5.41, 5.74) is -1.06. The summed E-state index contributed by atoms with van der Waals surface area (Å²) in [6, 6.07) is 0. The van der Waals surface area contributed by atoms with Gasteiger partial charge in [0.1, 0.15) is 17.7 Å². The number of carbonyl (C=O) groups is 3. The zero-order valence-electron chi connectivity index (χ0n) is 19.9. The first-order valence-corrected chi connectivity index (χ1v) is 12.3. The number of hydrogen-bond donors (Lipinski definition) is 0. The van der Waals surface area contributed by atoms with E-state index < -0.39 is 5.41 Å². The molecule has 0 aromatic heterocycles. The highest BCUT2D eigenvalue weighted by Crippen LogP contribution is 2.47. The summed E-state index contributed by atoms with van der Waals surface area (Å²) in [7, 11) is 0. The van der Waals surface area contributed by atoms with Crippen LogP contribution in [-0.2, 0) is 19.1 Å². The minimum atomic E-state index is -0.536. The predicted octanol–water partition coefficient (Wildman–Crippen LogP) is 7.32. The largest absolute Gasteiger partial charge is 0.462 e. The molecule has 3 rings (SSSR count). The lowest BCUT2D eigenvalue weighted by Crippen LogP contribution is -2.44. The van der Waals surface area contributed by atoms with Crippen molar-refractivity contribution in [2.24, 2.45) is 28.1 Å². The van der Waals surface area contributed by atoms with E-state index in [1.165, 1.54) is 0 Å². The average molecular weight is 451 g/mol. The maximum Gasteiger partial charge on any atom is 0.311 e. The van der Waals surface area contributed by atoms with E-state index in [2.05, 4.69) is 13.8 Å². The summed E-state index contributed by atoms with van der Waals surface area (Å²) in [5, 5.41) is 0. The fourth-order valence-electron chi connectivity index (χ4n) is 6.04. The summed E-state index contributed by atoms with van der Waals surface area (Å²) < 4.78 is 5.96. The van der Waals surface area contributed by atoms with Crippen molar-refractivity contribution in [3.8, 4) is 0 Å². The Balaban J connectivity index is 0.00000256. The van der Waals surface area contributed by atoms with Crippen molar-refractivity contribution < 1.29 is 19.1 Å². The van der Waals surface area contributed by atoms with Crippen molar-refractivity contribution in [3.63, 3.8) is 0 Å². The van der Waals surface area contributed by atoms with Gasteiger partial charge in [-0.05, 0) is 65.2 Å². The average Bonchev–Trinajstić information content (AvgIpc) is 3.36. The van der Waals surface area contributed by atoms with Gasteiger partial charge in [0.25, 0.3) is 0 Å². The first-order valence-electron chi connectivity index (χ1n) is 12.3. The third-order valence-corrected chi connectivity index (χ3v) is 8.72. The first-order chi connectivity index (χ1) is 14.0. The van der Waals surface area contributed by atoms with Crippen molar-refractivity contribution in [1.29, 1.82) is 0 Å². The molecule has 186 valence electrons. The molecule has 0 heterocycles. The molecule has 3 saturated carbocycles. The molecule has 3 aliphatic carbocycles. The van der Waals surface area contributed by atoms with Gasteiger partial charge in [-0.15, -0.1) is 0 Å². The molecule has 4 heteroatoms. The number of hydrogen-bond acceptors (Lipinski definition) is 4. The van der Waals surface area contributed by atoms with Gasteiger partial charge in [0.15, 0.2) is 0 Å². The van der Waals surface area contributed by atoms with Crippen LogP contribution in [0.4, 0.5) is 0 Å². The Hall–Kier alpha value is -1.19. The summed E-state index contributed by atoms with van der Waals surface area (Å²) in [4.78, 5) is 39.8. The molecule has 0 aromatic rings. The van der Waals surface area contributed by atoms with E-state index in [0.717, 1.165) is 51.4 Å². The van der Waals surface area contributed by atoms with Gasteiger partial charge in [-0.3, -0.25) is 14.4 Å². The zero-order chi connectivity index (χ0) is 22.2. The highest BCUT2D eigenvalue weighted by Gasteiger charge is 2.48. The van der Waals surface area contributed by atoms with E-state index in [0.29, 0.717) is 37.2 Å². The highest BCUT2D eigenvalue weighted by atomic mass is 16.5. The second-order valence-corrected chi connectivity index (χ2v) is 11.6. The number of Topliss-reactive ketones (excluding diaryl/α,β-unsaturated/α-hetero) is 2. The van der Waals surface area contributed by atoms with Crippen LogP contribution >= 0.6 is 0 Å². The van der Waals surface area contributed by atoms with E-state index in [9.17, 15) is 14.4 Å². The Kier molecular flexibility index (Phi) is 9.76. The van der Waals surface area contributed by atoms with Crippen LogP contribution in [0.15, 0.2) is 0 Å². The van der Waals surface area contributed by atoms with Crippen molar-refractivity contribution in [2.75, 3.05) is 0 Å². The van der Waals surface area contributed by atoms with Gasteiger partial charge in [0.05, 0.1) is 5.41 Å². The number of ether oxygens (including phenoxy) is 1. The van der Waals surface area contributed by atoms with Crippen LogP contribution < -0.4 is 0 Å². The van der Waals surface area contributed by atoms with Crippen LogP contribution in [0.5, 0.6) is 0 Å². The Morgan fingerprint density at radius 1 is 0.781 bits per heavy atom. The summed E-state index contributed by atoms with van der Waals surface area (Å²) >= 11 is 0. The molecule has 0 aromatic carbocycles. The van der Waals surface area contributed by atoms with Gasteiger partial charge < -0.3 is 4.74 Å². The normalized spacial score (nSPS) is 28.8. The lowest BCUT2D eigenvalue weighted by atomic mass is 9.66. The van der Waals surface area contributed by atoms with Gasteiger partial charge in [0, 0.05) is 22.7 Å². The standard InChI is InChI=1S/C26H42O4.2CH4/c1-6-24(2,3)23(29)30-20-16-18(21(27)25(4)11-7-8-12-25)15-19(17-20)22(28)26(5)13-9-10-14-26;;/h18-20H,6-17H2,1-5H3;2*1H4. The van der Waals surface area contributed by atoms with E-state index in [1.54, 1.807) is 0 Å². The highest BCUT2D eigenvalue weighted by molar-refractivity contribution is 5.90. The monoisotopic (exact) mass is 450 g/mol. The molecule has 0 bridgehead atoms. The molecule has 3 fully saturated rings. The molecular formula is C28H50O4. The lowest BCUT2D eigenvalue weighted by molar-refractivity contribution is -0.166. The van der Waals surface area contributed by atoms with Gasteiger partial charge in [0.2, 0.25) is 0 Å². The Labute approximate surface area is 197 Å². The number of carbonyl (C=O) groups excluding carboxylic acids is 3. The van der Waals surface area contributed by atoms with Crippen LogP contribution in [0.2, 0.25) is 0 Å². The molecule has 0 amide bonds. The molecule has 2 unspecified atom stereocenters. The number of rotatable bonds is 7. The molecule has 0 spiro atoms. The van der Waals surface area contributed by atoms with Crippen LogP contribution in [-0.4, -0.2) is 23.6 Å². The molecule has 0 radical (unpaired) electrons. The molecule has 2 atom stereocenters. The fourth-order valence-corrected chi connectivity index (χ4v) is 6.04. The van der Waals surface area contributed by atoms with Crippen molar-refractivity contribution in [1.82, 2.24) is 0 Å². The third-order valence-electron chi connectivity index (χ3n) is 8.72. The van der Waals surface area contributed by atoms with Gasteiger partial charge in [-0.25, -0.2) is 0 Å². The van der Waals surface area contributed by atoms with Crippen LogP contribution in [0.25, 0.3) is 0 Å². The summed E-state index contributed by atoms with van der Waals surface area (Å²) in [6.45, 7) is 10.0. The zero-order valence-corrected chi connectivity index (χ0v) is 19.9. The summed E-state index contributed by atoms with van der Waals surface area (Å²) in [5.74, 6) is 0.0925. The smallest absolute Gasteiger partial charge is 0.311 e. The van der Waals surface area contributed by atoms with E-state index in [-0.39, 0.29) is 49.6 Å². The van der Waals surface area contributed by atoms with Crippen molar-refractivity contribution in [2.45, 2.75) is 133 Å². The van der Waals surface area contributed by atoms with Crippen LogP contribution in [0.3, 0.4) is 0 Å². The van der Waals surface area contributed by atoms with E-state index in [4.69, 9.17) is 4.74 Å². The summed E-state index contributed by atoms with van der Waals surface area (Å²) in [6.07, 6.45) is 10.4. The van der Waals surface area contributed by atoms with Crippen LogP contribution in [0.1, 0.15) is 127 Å².